The van der Waals surface area contributed by atoms with Gasteiger partial charge in [-0.1, -0.05) is 18.2 Å². The van der Waals surface area contributed by atoms with Crippen molar-refractivity contribution < 1.29 is 14.3 Å². The lowest BCUT2D eigenvalue weighted by atomic mass is 10.00. The molecule has 2 aromatic rings. The second-order valence-electron chi connectivity index (χ2n) is 4.20. The van der Waals surface area contributed by atoms with E-state index >= 15 is 0 Å². The summed E-state index contributed by atoms with van der Waals surface area (Å²) >= 11 is 0. The van der Waals surface area contributed by atoms with E-state index in [2.05, 4.69) is 4.98 Å². The van der Waals surface area contributed by atoms with Crippen LogP contribution >= 0.6 is 0 Å². The zero-order valence-corrected chi connectivity index (χ0v) is 9.83. The van der Waals surface area contributed by atoms with Crippen LogP contribution in [0.4, 0.5) is 0 Å². The molecule has 0 N–H and O–H groups in total. The molecular formula is C14H13NO3. The van der Waals surface area contributed by atoms with Crippen LogP contribution < -0.4 is 0 Å². The number of pyridine rings is 1. The molecule has 3 rings (SSSR count). The van der Waals surface area contributed by atoms with Gasteiger partial charge in [0.05, 0.1) is 19.8 Å². The van der Waals surface area contributed by atoms with Crippen LogP contribution in [-0.2, 0) is 9.47 Å². The molecule has 1 aromatic heterocycles. The summed E-state index contributed by atoms with van der Waals surface area (Å²) in [5.74, 6) is -0.0218. The highest BCUT2D eigenvalue weighted by atomic mass is 16.6. The van der Waals surface area contributed by atoms with Gasteiger partial charge < -0.3 is 9.47 Å². The van der Waals surface area contributed by atoms with Gasteiger partial charge in [-0.2, -0.15) is 0 Å². The highest BCUT2D eigenvalue weighted by Crippen LogP contribution is 2.20. The minimum Gasteiger partial charge on any atom is -0.376 e. The molecular weight excluding hydrogens is 230 g/mol. The number of ketones is 1. The summed E-state index contributed by atoms with van der Waals surface area (Å²) in [5, 5.41) is 1.87. The van der Waals surface area contributed by atoms with Crippen LogP contribution in [0, 0.1) is 0 Å². The van der Waals surface area contributed by atoms with Crippen LogP contribution in [0.15, 0.2) is 36.7 Å². The lowest BCUT2D eigenvalue weighted by molar-refractivity contribution is -0.0718. The molecule has 1 aliphatic rings. The number of ether oxygens (including phenoxy) is 2. The van der Waals surface area contributed by atoms with Crippen molar-refractivity contribution in [2.24, 2.45) is 0 Å². The van der Waals surface area contributed by atoms with Gasteiger partial charge in [-0.05, 0) is 11.5 Å². The third kappa shape index (κ3) is 2.00. The number of nitrogens with zero attached hydrogens (tertiary/aromatic N) is 1. The SMILES string of the molecule is O=C(c1cccc2cnccc12)C1COCCO1. The van der Waals surface area contributed by atoms with Crippen molar-refractivity contribution in [3.63, 3.8) is 0 Å². The van der Waals surface area contributed by atoms with Gasteiger partial charge in [0, 0.05) is 23.3 Å². The second kappa shape index (κ2) is 4.84. The van der Waals surface area contributed by atoms with E-state index < -0.39 is 6.10 Å². The van der Waals surface area contributed by atoms with Gasteiger partial charge in [0.1, 0.15) is 6.10 Å². The van der Waals surface area contributed by atoms with E-state index in [1.54, 1.807) is 12.4 Å². The number of Topliss-reactive ketones (excluding diaryl/α,β-unsaturated/α-hetero) is 1. The molecule has 18 heavy (non-hydrogen) atoms. The van der Waals surface area contributed by atoms with E-state index in [0.29, 0.717) is 25.4 Å². The maximum atomic E-state index is 12.4. The van der Waals surface area contributed by atoms with Crippen LogP contribution in [0.3, 0.4) is 0 Å². The van der Waals surface area contributed by atoms with Crippen molar-refractivity contribution in [3.8, 4) is 0 Å². The van der Waals surface area contributed by atoms with Gasteiger partial charge in [-0.25, -0.2) is 0 Å². The van der Waals surface area contributed by atoms with E-state index in [9.17, 15) is 4.79 Å². The molecule has 1 aliphatic heterocycles. The first kappa shape index (κ1) is 11.3. The summed E-state index contributed by atoms with van der Waals surface area (Å²) in [6.07, 6.45) is 2.96. The quantitative estimate of drug-likeness (QED) is 0.755. The van der Waals surface area contributed by atoms with Gasteiger partial charge in [0.15, 0.2) is 5.78 Å². The van der Waals surface area contributed by atoms with Crippen molar-refractivity contribution in [2.75, 3.05) is 19.8 Å². The monoisotopic (exact) mass is 243 g/mol. The first-order chi connectivity index (χ1) is 8.86. The molecule has 92 valence electrons. The zero-order valence-electron chi connectivity index (χ0n) is 9.83. The Hall–Kier alpha value is -1.78. The van der Waals surface area contributed by atoms with E-state index in [0.717, 1.165) is 10.8 Å². The highest BCUT2D eigenvalue weighted by molar-refractivity contribution is 6.10. The molecule has 0 amide bonds. The molecule has 2 heterocycles. The summed E-state index contributed by atoms with van der Waals surface area (Å²) in [6.45, 7) is 1.37. The van der Waals surface area contributed by atoms with E-state index in [1.165, 1.54) is 0 Å². The van der Waals surface area contributed by atoms with Gasteiger partial charge in [0.25, 0.3) is 0 Å². The summed E-state index contributed by atoms with van der Waals surface area (Å²) in [6, 6.07) is 7.48. The molecule has 1 fully saturated rings. The van der Waals surface area contributed by atoms with Gasteiger partial charge in [0.2, 0.25) is 0 Å². The summed E-state index contributed by atoms with van der Waals surface area (Å²) in [5.41, 5.74) is 0.672. The number of hydrogen-bond donors (Lipinski definition) is 0. The number of carbonyl (C=O) groups excluding carboxylic acids is 1. The minimum absolute atomic E-state index is 0.0218. The largest absolute Gasteiger partial charge is 0.376 e. The molecule has 1 atom stereocenters. The predicted octanol–water partition coefficient (Wildman–Crippen LogP) is 1.83. The minimum atomic E-state index is -0.488. The van der Waals surface area contributed by atoms with Crippen molar-refractivity contribution in [1.82, 2.24) is 4.98 Å². The predicted molar refractivity (Wildman–Crippen MR) is 66.6 cm³/mol. The maximum absolute atomic E-state index is 12.4. The van der Waals surface area contributed by atoms with Gasteiger partial charge in [-0.15, -0.1) is 0 Å². The Kier molecular flexibility index (Phi) is 3.04. The Bertz CT molecular complexity index is 571. The molecule has 0 saturated carbocycles. The number of carbonyl (C=O) groups is 1. The lowest BCUT2D eigenvalue weighted by Gasteiger charge is -2.22. The van der Waals surface area contributed by atoms with Crippen LogP contribution in [0.25, 0.3) is 10.8 Å². The second-order valence-corrected chi connectivity index (χ2v) is 4.20. The fourth-order valence-electron chi connectivity index (χ4n) is 2.15. The number of benzene rings is 1. The molecule has 1 unspecified atom stereocenters. The van der Waals surface area contributed by atoms with Crippen molar-refractivity contribution in [2.45, 2.75) is 6.10 Å². The van der Waals surface area contributed by atoms with Gasteiger partial charge >= 0.3 is 0 Å². The average molecular weight is 243 g/mol. The number of fused-ring (bicyclic) bond motifs is 1. The molecule has 4 heteroatoms. The number of hydrogen-bond acceptors (Lipinski definition) is 4. The molecule has 0 aliphatic carbocycles. The van der Waals surface area contributed by atoms with Crippen LogP contribution in [0.2, 0.25) is 0 Å². The molecule has 0 spiro atoms. The molecule has 1 saturated heterocycles. The van der Waals surface area contributed by atoms with Gasteiger partial charge in [-0.3, -0.25) is 9.78 Å². The molecule has 4 nitrogen and oxygen atoms in total. The Morgan fingerprint density at radius 1 is 1.28 bits per heavy atom. The number of rotatable bonds is 2. The molecule has 0 bridgehead atoms. The fraction of sp³-hybridized carbons (Fsp3) is 0.286. The van der Waals surface area contributed by atoms with Crippen molar-refractivity contribution in [3.05, 3.63) is 42.2 Å². The third-order valence-electron chi connectivity index (χ3n) is 3.05. The van der Waals surface area contributed by atoms with Crippen LogP contribution in [-0.4, -0.2) is 36.7 Å². The Balaban J connectivity index is 2.00. The van der Waals surface area contributed by atoms with E-state index in [4.69, 9.17) is 9.47 Å². The van der Waals surface area contributed by atoms with E-state index in [-0.39, 0.29) is 5.78 Å². The zero-order chi connectivity index (χ0) is 12.4. The summed E-state index contributed by atoms with van der Waals surface area (Å²) in [7, 11) is 0. The van der Waals surface area contributed by atoms with Crippen molar-refractivity contribution >= 4 is 16.6 Å². The first-order valence-electron chi connectivity index (χ1n) is 5.92. The molecule has 1 aromatic carbocycles. The Morgan fingerprint density at radius 2 is 2.22 bits per heavy atom. The number of aromatic nitrogens is 1. The smallest absolute Gasteiger partial charge is 0.194 e. The van der Waals surface area contributed by atoms with Crippen LogP contribution in [0.1, 0.15) is 10.4 Å². The summed E-state index contributed by atoms with van der Waals surface area (Å²) < 4.78 is 10.7. The summed E-state index contributed by atoms with van der Waals surface area (Å²) in [4.78, 5) is 16.4. The Labute approximate surface area is 105 Å². The highest BCUT2D eigenvalue weighted by Gasteiger charge is 2.24. The molecule has 0 radical (unpaired) electrons. The fourth-order valence-corrected chi connectivity index (χ4v) is 2.15. The third-order valence-corrected chi connectivity index (χ3v) is 3.05. The average Bonchev–Trinajstić information content (AvgIpc) is 2.47. The topological polar surface area (TPSA) is 48.4 Å². The normalized spacial score (nSPS) is 19.9. The van der Waals surface area contributed by atoms with Crippen LogP contribution in [0.5, 0.6) is 0 Å². The first-order valence-corrected chi connectivity index (χ1v) is 5.92. The standard InChI is InChI=1S/C14H13NO3/c16-14(13-9-17-6-7-18-13)12-3-1-2-10-8-15-5-4-11(10)12/h1-5,8,13H,6-7,9H2. The van der Waals surface area contributed by atoms with Crippen molar-refractivity contribution in [1.29, 1.82) is 0 Å². The Morgan fingerprint density at radius 3 is 3.06 bits per heavy atom. The lowest BCUT2D eigenvalue weighted by Crippen LogP contribution is -2.35. The van der Waals surface area contributed by atoms with E-state index in [1.807, 2.05) is 24.3 Å². The maximum Gasteiger partial charge on any atom is 0.194 e.